The first-order valence-corrected chi connectivity index (χ1v) is 11.4. The van der Waals surface area contributed by atoms with Crippen molar-refractivity contribution >= 4 is 17.4 Å². The average molecular weight is 413 g/mol. The minimum absolute atomic E-state index is 0.00759. The lowest BCUT2D eigenvalue weighted by molar-refractivity contribution is -0.140. The number of hydrogen-bond donors (Lipinski definition) is 0. The van der Waals surface area contributed by atoms with Gasteiger partial charge in [-0.1, -0.05) is 44.7 Å². The molecule has 1 aliphatic carbocycles. The van der Waals surface area contributed by atoms with Crippen LogP contribution in [0, 0.1) is 0 Å². The van der Waals surface area contributed by atoms with E-state index in [0.717, 1.165) is 43.4 Å². The summed E-state index contributed by atoms with van der Waals surface area (Å²) in [4.78, 5) is 30.8. The third-order valence-corrected chi connectivity index (χ3v) is 6.22. The molecule has 6 nitrogen and oxygen atoms in total. The minimum atomic E-state index is -0.143. The highest BCUT2D eigenvalue weighted by Crippen LogP contribution is 2.36. The van der Waals surface area contributed by atoms with Gasteiger partial charge in [-0.05, 0) is 37.0 Å². The summed E-state index contributed by atoms with van der Waals surface area (Å²) in [5, 5.41) is 0. The summed E-state index contributed by atoms with van der Waals surface area (Å²) in [6.07, 6.45) is 7.28. The molecule has 2 aliphatic heterocycles. The van der Waals surface area contributed by atoms with Crippen molar-refractivity contribution in [2.75, 3.05) is 32.9 Å². The highest BCUT2D eigenvalue weighted by Gasteiger charge is 2.44. The number of benzene rings is 1. The van der Waals surface area contributed by atoms with Crippen molar-refractivity contribution in [1.29, 1.82) is 0 Å². The fourth-order valence-corrected chi connectivity index (χ4v) is 4.66. The van der Waals surface area contributed by atoms with Crippen molar-refractivity contribution in [3.8, 4) is 5.75 Å². The van der Waals surface area contributed by atoms with Gasteiger partial charge in [-0.25, -0.2) is 0 Å². The summed E-state index contributed by atoms with van der Waals surface area (Å²) >= 11 is 0. The van der Waals surface area contributed by atoms with Crippen LogP contribution in [0.3, 0.4) is 0 Å². The van der Waals surface area contributed by atoms with Gasteiger partial charge < -0.3 is 14.4 Å². The van der Waals surface area contributed by atoms with Crippen molar-refractivity contribution in [1.82, 2.24) is 9.80 Å². The highest BCUT2D eigenvalue weighted by atomic mass is 16.5. The Morgan fingerprint density at radius 2 is 1.63 bits per heavy atom. The standard InChI is InChI=1S/C24H32N2O4/c1-2-15-30-20-11-9-18(10-12-20)21-22(25-13-16-29-17-14-25)24(28)26(23(21)27)19-7-5-3-4-6-8-19/h9-12,19H,2-8,13-17H2,1H3. The lowest BCUT2D eigenvalue weighted by Crippen LogP contribution is -2.44. The van der Waals surface area contributed by atoms with E-state index in [1.807, 2.05) is 29.2 Å². The molecule has 1 aromatic carbocycles. The Hall–Kier alpha value is -2.34. The molecule has 3 aliphatic rings. The molecule has 162 valence electrons. The maximum absolute atomic E-state index is 13.6. The first-order chi connectivity index (χ1) is 14.7. The fraction of sp³-hybridized carbons (Fsp3) is 0.583. The van der Waals surface area contributed by atoms with Gasteiger partial charge in [-0.15, -0.1) is 0 Å². The molecule has 1 saturated carbocycles. The number of imide groups is 1. The predicted molar refractivity (Wildman–Crippen MR) is 115 cm³/mol. The first-order valence-electron chi connectivity index (χ1n) is 11.4. The Labute approximate surface area is 178 Å². The smallest absolute Gasteiger partial charge is 0.278 e. The van der Waals surface area contributed by atoms with E-state index in [4.69, 9.17) is 9.47 Å². The fourth-order valence-electron chi connectivity index (χ4n) is 4.66. The molecule has 2 amide bonds. The number of ether oxygens (including phenoxy) is 2. The maximum Gasteiger partial charge on any atom is 0.278 e. The minimum Gasteiger partial charge on any atom is -0.494 e. The topological polar surface area (TPSA) is 59.1 Å². The molecule has 1 saturated heterocycles. The molecular weight excluding hydrogens is 380 g/mol. The van der Waals surface area contributed by atoms with Crippen molar-refractivity contribution < 1.29 is 19.1 Å². The molecule has 6 heteroatoms. The summed E-state index contributed by atoms with van der Waals surface area (Å²) < 4.78 is 11.2. The van der Waals surface area contributed by atoms with Crippen molar-refractivity contribution in [2.24, 2.45) is 0 Å². The van der Waals surface area contributed by atoms with E-state index >= 15 is 0 Å². The predicted octanol–water partition coefficient (Wildman–Crippen LogP) is 3.61. The quantitative estimate of drug-likeness (QED) is 0.528. The number of carbonyl (C=O) groups excluding carboxylic acids is 2. The van der Waals surface area contributed by atoms with Crippen LogP contribution < -0.4 is 4.74 Å². The molecule has 1 aromatic rings. The molecule has 2 heterocycles. The van der Waals surface area contributed by atoms with Crippen LogP contribution in [0.4, 0.5) is 0 Å². The third kappa shape index (κ3) is 4.24. The third-order valence-electron chi connectivity index (χ3n) is 6.22. The zero-order valence-corrected chi connectivity index (χ0v) is 17.9. The van der Waals surface area contributed by atoms with Gasteiger partial charge in [0.1, 0.15) is 11.4 Å². The molecule has 0 atom stereocenters. The van der Waals surface area contributed by atoms with E-state index in [1.165, 1.54) is 12.8 Å². The van der Waals surface area contributed by atoms with Crippen molar-refractivity contribution in [2.45, 2.75) is 57.9 Å². The molecule has 0 unspecified atom stereocenters. The largest absolute Gasteiger partial charge is 0.494 e. The van der Waals surface area contributed by atoms with Crippen LogP contribution in [-0.4, -0.2) is 60.6 Å². The Morgan fingerprint density at radius 3 is 2.27 bits per heavy atom. The molecule has 0 aromatic heterocycles. The van der Waals surface area contributed by atoms with Crippen LogP contribution in [0.15, 0.2) is 30.0 Å². The van der Waals surface area contributed by atoms with E-state index in [9.17, 15) is 9.59 Å². The Balaban J connectivity index is 1.67. The molecule has 4 rings (SSSR count). The SMILES string of the molecule is CCCOc1ccc(C2=C(N3CCOCC3)C(=O)N(C3CCCCCC3)C2=O)cc1. The van der Waals surface area contributed by atoms with Gasteiger partial charge in [-0.3, -0.25) is 14.5 Å². The second-order valence-corrected chi connectivity index (χ2v) is 8.32. The van der Waals surface area contributed by atoms with Crippen LogP contribution in [0.5, 0.6) is 5.75 Å². The lowest BCUT2D eigenvalue weighted by Gasteiger charge is -2.31. The van der Waals surface area contributed by atoms with Gasteiger partial charge in [0, 0.05) is 19.1 Å². The number of nitrogens with zero attached hydrogens (tertiary/aromatic N) is 2. The molecule has 2 fully saturated rings. The van der Waals surface area contributed by atoms with E-state index in [0.29, 0.717) is 44.2 Å². The Kier molecular flexibility index (Phi) is 6.72. The number of amides is 2. The zero-order chi connectivity index (χ0) is 20.9. The van der Waals surface area contributed by atoms with Crippen LogP contribution in [-0.2, 0) is 14.3 Å². The lowest BCUT2D eigenvalue weighted by atomic mass is 10.0. The van der Waals surface area contributed by atoms with Crippen molar-refractivity contribution in [3.05, 3.63) is 35.5 Å². The summed E-state index contributed by atoms with van der Waals surface area (Å²) in [6, 6.07) is 7.60. The number of morpholine rings is 1. The normalized spacial score (nSPS) is 21.4. The van der Waals surface area contributed by atoms with Gasteiger partial charge in [0.15, 0.2) is 0 Å². The molecule has 0 radical (unpaired) electrons. The Morgan fingerprint density at radius 1 is 0.967 bits per heavy atom. The van der Waals surface area contributed by atoms with Crippen molar-refractivity contribution in [3.63, 3.8) is 0 Å². The van der Waals surface area contributed by atoms with E-state index < -0.39 is 0 Å². The second kappa shape index (κ2) is 9.65. The highest BCUT2D eigenvalue weighted by molar-refractivity contribution is 6.35. The molecular formula is C24H32N2O4. The van der Waals surface area contributed by atoms with Gasteiger partial charge in [-0.2, -0.15) is 0 Å². The molecule has 30 heavy (non-hydrogen) atoms. The number of carbonyl (C=O) groups is 2. The second-order valence-electron chi connectivity index (χ2n) is 8.32. The van der Waals surface area contributed by atoms with Crippen LogP contribution in [0.25, 0.3) is 5.57 Å². The van der Waals surface area contributed by atoms with E-state index in [1.54, 1.807) is 4.90 Å². The summed E-state index contributed by atoms with van der Waals surface area (Å²) in [5.41, 5.74) is 1.87. The number of rotatable bonds is 6. The Bertz CT molecular complexity index is 788. The van der Waals surface area contributed by atoms with Gasteiger partial charge in [0.25, 0.3) is 11.8 Å². The number of hydrogen-bond acceptors (Lipinski definition) is 5. The summed E-state index contributed by atoms with van der Waals surface area (Å²) in [5.74, 6) is 0.511. The average Bonchev–Trinajstić information content (AvgIpc) is 2.94. The van der Waals surface area contributed by atoms with Gasteiger partial charge >= 0.3 is 0 Å². The molecule has 0 N–H and O–H groups in total. The van der Waals surface area contributed by atoms with Crippen LogP contribution in [0.1, 0.15) is 57.4 Å². The zero-order valence-electron chi connectivity index (χ0n) is 17.9. The first kappa shape index (κ1) is 20.9. The van der Waals surface area contributed by atoms with Crippen LogP contribution >= 0.6 is 0 Å². The van der Waals surface area contributed by atoms with E-state index in [2.05, 4.69) is 6.92 Å². The molecule has 0 bridgehead atoms. The van der Waals surface area contributed by atoms with Crippen LogP contribution in [0.2, 0.25) is 0 Å². The monoisotopic (exact) mass is 412 g/mol. The summed E-state index contributed by atoms with van der Waals surface area (Å²) in [6.45, 7) is 5.14. The van der Waals surface area contributed by atoms with E-state index in [-0.39, 0.29) is 17.9 Å². The van der Waals surface area contributed by atoms with Gasteiger partial charge in [0.05, 0.1) is 25.4 Å². The van der Waals surface area contributed by atoms with Gasteiger partial charge in [0.2, 0.25) is 0 Å². The maximum atomic E-state index is 13.6. The molecule has 0 spiro atoms. The summed E-state index contributed by atoms with van der Waals surface area (Å²) in [7, 11) is 0.